The second-order valence-electron chi connectivity index (χ2n) is 11.5. The van der Waals surface area contributed by atoms with E-state index in [4.69, 9.17) is 0 Å². The summed E-state index contributed by atoms with van der Waals surface area (Å²) in [6.45, 7) is 9.39. The molecule has 2 aromatic rings. The van der Waals surface area contributed by atoms with Gasteiger partial charge in [-0.1, -0.05) is 134 Å². The Kier molecular flexibility index (Phi) is 15.6. The van der Waals surface area contributed by atoms with Crippen LogP contribution in [0.25, 0.3) is 0 Å². The molecule has 4 atom stereocenters. The third-order valence-corrected chi connectivity index (χ3v) is 15.7. The maximum Gasteiger partial charge on any atom is 0.0404 e. The zero-order chi connectivity index (χ0) is 27.9. The van der Waals surface area contributed by atoms with E-state index in [9.17, 15) is 0 Å². The Morgan fingerprint density at radius 3 is 2.23 bits per heavy atom. The average Bonchev–Trinajstić information content (AvgIpc) is 2.97. The molecule has 3 heteroatoms. The first-order valence-electron chi connectivity index (χ1n) is 15.8. The monoisotopic (exact) mass is 580 g/mol. The predicted molar refractivity (Wildman–Crippen MR) is 184 cm³/mol. The molecule has 3 unspecified atom stereocenters. The van der Waals surface area contributed by atoms with E-state index in [-0.39, 0.29) is 7.92 Å². The summed E-state index contributed by atoms with van der Waals surface area (Å²) < 4.78 is 0. The van der Waals surface area contributed by atoms with E-state index in [0.29, 0.717) is 11.6 Å². The minimum absolute atomic E-state index is 0.00629. The van der Waals surface area contributed by atoms with E-state index in [2.05, 4.69) is 94.3 Å². The lowest BCUT2D eigenvalue weighted by Crippen LogP contribution is -2.21. The number of aryl methyl sites for hydroxylation is 1. The minimum atomic E-state index is -0.439. The van der Waals surface area contributed by atoms with Gasteiger partial charge in [-0.15, -0.1) is 11.8 Å². The standard InChI is InChI=1S/C36H54P2S/c1-6-8-10-18-28-37(32-21-12-11-13-22-32)33(20-9-7-2)27-26-30(3)29-38(34-23-15-14-19-31(34)4)35-24-16-17-25-36(35)39-5/h14-17,19,23-25,30,32-33H,6-13,18,20-22,28-29H2,1-5H3/t30-,33?,37?,38?/m0/s1. The van der Waals surface area contributed by atoms with Crippen molar-refractivity contribution in [3.63, 3.8) is 0 Å². The van der Waals surface area contributed by atoms with Crippen LogP contribution in [0.15, 0.2) is 53.4 Å². The van der Waals surface area contributed by atoms with Gasteiger partial charge in [0, 0.05) is 16.5 Å². The molecule has 0 heterocycles. The van der Waals surface area contributed by atoms with Crippen molar-refractivity contribution in [1.82, 2.24) is 0 Å². The Morgan fingerprint density at radius 1 is 0.846 bits per heavy atom. The predicted octanol–water partition coefficient (Wildman–Crippen LogP) is 10.7. The summed E-state index contributed by atoms with van der Waals surface area (Å²) in [5, 5.41) is 3.07. The molecule has 214 valence electrons. The molecule has 1 aliphatic carbocycles. The molecule has 3 rings (SSSR count). The fraction of sp³-hybridized carbons (Fsp3) is 0.611. The summed E-state index contributed by atoms with van der Waals surface area (Å²) in [4.78, 5) is 1.43. The third-order valence-electron chi connectivity index (χ3n) is 8.28. The molecule has 0 bridgehead atoms. The highest BCUT2D eigenvalue weighted by Crippen LogP contribution is 2.53. The minimum Gasteiger partial charge on any atom is -0.129 e. The molecule has 0 spiro atoms. The molecule has 39 heavy (non-hydrogen) atoms. The van der Waals surface area contributed by atoms with Crippen LogP contribution in [0.5, 0.6) is 0 Å². The molecule has 0 saturated heterocycles. The van der Waals surface area contributed by atoms with Gasteiger partial charge in [0.2, 0.25) is 0 Å². The number of hydrogen-bond acceptors (Lipinski definition) is 1. The van der Waals surface area contributed by atoms with E-state index in [1.54, 1.807) is 0 Å². The van der Waals surface area contributed by atoms with Crippen LogP contribution >= 0.6 is 27.6 Å². The average molecular weight is 581 g/mol. The van der Waals surface area contributed by atoms with Crippen molar-refractivity contribution in [3.05, 3.63) is 54.1 Å². The molecule has 0 nitrogen and oxygen atoms in total. The Bertz CT molecular complexity index is 1020. The SMILES string of the molecule is CCCCCCP(C(C#C[C@H](C)CP(c1ccccc1C)c1ccccc1SC)CCCC)C1CCCCC1. The molecular weight excluding hydrogens is 526 g/mol. The normalized spacial score (nSPS) is 17.2. The van der Waals surface area contributed by atoms with Crippen LogP contribution in [0.4, 0.5) is 0 Å². The van der Waals surface area contributed by atoms with E-state index >= 15 is 0 Å². The molecule has 0 amide bonds. The summed E-state index contributed by atoms with van der Waals surface area (Å²) in [6.07, 6.45) is 21.7. The number of thioether (sulfide) groups is 1. The lowest BCUT2D eigenvalue weighted by atomic mass is 10.0. The van der Waals surface area contributed by atoms with E-state index < -0.39 is 7.92 Å². The zero-order valence-electron chi connectivity index (χ0n) is 25.6. The smallest absolute Gasteiger partial charge is 0.0404 e. The van der Waals surface area contributed by atoms with Crippen LogP contribution in [-0.2, 0) is 0 Å². The van der Waals surface area contributed by atoms with Crippen LogP contribution in [0.1, 0.15) is 103 Å². The number of unbranched alkanes of at least 4 members (excludes halogenated alkanes) is 4. The van der Waals surface area contributed by atoms with Crippen molar-refractivity contribution in [2.24, 2.45) is 5.92 Å². The van der Waals surface area contributed by atoms with E-state index in [1.165, 1.54) is 104 Å². The molecule has 0 radical (unpaired) electrons. The quantitative estimate of drug-likeness (QED) is 0.0874. The van der Waals surface area contributed by atoms with Crippen LogP contribution < -0.4 is 10.6 Å². The highest BCUT2D eigenvalue weighted by Gasteiger charge is 2.29. The fourth-order valence-electron chi connectivity index (χ4n) is 6.05. The molecule has 1 saturated carbocycles. The Morgan fingerprint density at radius 2 is 1.54 bits per heavy atom. The first-order valence-corrected chi connectivity index (χ1v) is 20.2. The topological polar surface area (TPSA) is 0 Å². The second kappa shape index (κ2) is 18.6. The Labute approximate surface area is 248 Å². The second-order valence-corrected chi connectivity index (χ2v) is 17.4. The van der Waals surface area contributed by atoms with Crippen LogP contribution in [0.2, 0.25) is 0 Å². The first-order chi connectivity index (χ1) is 19.1. The van der Waals surface area contributed by atoms with E-state index in [0.717, 1.165) is 11.8 Å². The molecule has 0 N–H and O–H groups in total. The summed E-state index contributed by atoms with van der Waals surface area (Å²) in [6, 6.07) is 18.2. The molecule has 2 aromatic carbocycles. The van der Waals surface area contributed by atoms with Gasteiger partial charge in [0.15, 0.2) is 0 Å². The van der Waals surface area contributed by atoms with Gasteiger partial charge in [0.25, 0.3) is 0 Å². The van der Waals surface area contributed by atoms with Crippen LogP contribution in [0.3, 0.4) is 0 Å². The summed E-state index contributed by atoms with van der Waals surface area (Å²) >= 11 is 1.89. The summed E-state index contributed by atoms with van der Waals surface area (Å²) in [7, 11) is -0.432. The summed E-state index contributed by atoms with van der Waals surface area (Å²) in [5.74, 6) is 8.36. The van der Waals surface area contributed by atoms with Gasteiger partial charge in [-0.3, -0.25) is 0 Å². The van der Waals surface area contributed by atoms with Crippen LogP contribution in [-0.4, -0.2) is 29.9 Å². The lowest BCUT2D eigenvalue weighted by Gasteiger charge is -2.35. The molecule has 0 aliphatic heterocycles. The van der Waals surface area contributed by atoms with Gasteiger partial charge in [-0.25, -0.2) is 0 Å². The molecular formula is C36H54P2S. The zero-order valence-corrected chi connectivity index (χ0v) is 28.2. The van der Waals surface area contributed by atoms with Gasteiger partial charge in [-0.2, -0.15) is 0 Å². The fourth-order valence-corrected chi connectivity index (χ4v) is 13.4. The first kappa shape index (κ1) is 32.7. The maximum absolute atomic E-state index is 4.03. The van der Waals surface area contributed by atoms with Crippen molar-refractivity contribution in [3.8, 4) is 11.8 Å². The van der Waals surface area contributed by atoms with Crippen molar-refractivity contribution >= 4 is 38.2 Å². The number of benzene rings is 2. The highest BCUT2D eigenvalue weighted by molar-refractivity contribution is 7.99. The van der Waals surface area contributed by atoms with Crippen molar-refractivity contribution < 1.29 is 0 Å². The third kappa shape index (κ3) is 10.5. The van der Waals surface area contributed by atoms with Gasteiger partial charge in [0.05, 0.1) is 0 Å². The Hall–Kier alpha value is -0.790. The van der Waals surface area contributed by atoms with Crippen molar-refractivity contribution in [2.75, 3.05) is 18.6 Å². The summed E-state index contributed by atoms with van der Waals surface area (Å²) in [5.41, 5.74) is 3.04. The maximum atomic E-state index is 4.03. The van der Waals surface area contributed by atoms with Crippen molar-refractivity contribution in [1.29, 1.82) is 0 Å². The van der Waals surface area contributed by atoms with Gasteiger partial charge in [-0.05, 0) is 87.0 Å². The molecule has 1 fully saturated rings. The Balaban J connectivity index is 1.85. The van der Waals surface area contributed by atoms with Gasteiger partial charge in [0.1, 0.15) is 0 Å². The largest absolute Gasteiger partial charge is 0.129 e. The molecule has 1 aliphatic rings. The number of rotatable bonds is 15. The van der Waals surface area contributed by atoms with Gasteiger partial charge < -0.3 is 0 Å². The van der Waals surface area contributed by atoms with Crippen LogP contribution in [0, 0.1) is 24.7 Å². The van der Waals surface area contributed by atoms with E-state index in [1.807, 2.05) is 11.8 Å². The molecule has 0 aromatic heterocycles. The highest BCUT2D eigenvalue weighted by atomic mass is 32.2. The lowest BCUT2D eigenvalue weighted by molar-refractivity contribution is 0.507. The number of hydrogen-bond donors (Lipinski definition) is 0. The van der Waals surface area contributed by atoms with Crippen molar-refractivity contribution in [2.45, 2.75) is 121 Å². The van der Waals surface area contributed by atoms with Gasteiger partial charge >= 0.3 is 0 Å².